The highest BCUT2D eigenvalue weighted by molar-refractivity contribution is 5.83. The lowest BCUT2D eigenvalue weighted by molar-refractivity contribution is -0.128. The van der Waals surface area contributed by atoms with E-state index in [-0.39, 0.29) is 17.9 Å². The number of benzene rings is 1. The Hall–Kier alpha value is -1.72. The molecule has 0 unspecified atom stereocenters. The molecule has 0 saturated heterocycles. The van der Waals surface area contributed by atoms with Gasteiger partial charge in [0.05, 0.1) is 12.1 Å². The van der Waals surface area contributed by atoms with Crippen molar-refractivity contribution in [2.75, 3.05) is 6.54 Å². The number of nitrogens with two attached hydrogens (primary N) is 2. The fourth-order valence-electron chi connectivity index (χ4n) is 4.97. The lowest BCUT2D eigenvalue weighted by Gasteiger charge is -2.36. The Morgan fingerprint density at radius 1 is 1.10 bits per heavy atom. The first-order valence-corrected chi connectivity index (χ1v) is 12.2. The van der Waals surface area contributed by atoms with Gasteiger partial charge in [0.1, 0.15) is 5.78 Å². The summed E-state index contributed by atoms with van der Waals surface area (Å²) < 4.78 is 0. The fourth-order valence-corrected chi connectivity index (χ4v) is 4.97. The van der Waals surface area contributed by atoms with Crippen molar-refractivity contribution >= 4 is 11.7 Å². The molecule has 0 heterocycles. The summed E-state index contributed by atoms with van der Waals surface area (Å²) in [7, 11) is 0. The van der Waals surface area contributed by atoms with E-state index in [2.05, 4.69) is 26.1 Å². The number of carbonyl (C=O) groups excluding carboxylic acids is 2. The van der Waals surface area contributed by atoms with Gasteiger partial charge in [-0.1, -0.05) is 63.9 Å². The Labute approximate surface area is 188 Å². The third-order valence-electron chi connectivity index (χ3n) is 6.94. The van der Waals surface area contributed by atoms with Gasteiger partial charge in [-0.3, -0.25) is 9.59 Å². The molecule has 5 nitrogen and oxygen atoms in total. The van der Waals surface area contributed by atoms with Gasteiger partial charge in [0.25, 0.3) is 0 Å². The number of hydrogen-bond donors (Lipinski definition) is 3. The normalized spacial score (nSPS) is 23.4. The number of hydrogen-bond acceptors (Lipinski definition) is 4. The van der Waals surface area contributed by atoms with Gasteiger partial charge in [0, 0.05) is 12.3 Å². The summed E-state index contributed by atoms with van der Waals surface area (Å²) in [4.78, 5) is 25.9. The van der Waals surface area contributed by atoms with Crippen LogP contribution >= 0.6 is 0 Å². The zero-order chi connectivity index (χ0) is 22.8. The Kier molecular flexibility index (Phi) is 10.7. The predicted molar refractivity (Wildman–Crippen MR) is 127 cm³/mol. The summed E-state index contributed by atoms with van der Waals surface area (Å²) >= 11 is 0. The van der Waals surface area contributed by atoms with E-state index in [0.717, 1.165) is 31.2 Å². The third kappa shape index (κ3) is 8.04. The van der Waals surface area contributed by atoms with E-state index >= 15 is 0 Å². The van der Waals surface area contributed by atoms with Gasteiger partial charge >= 0.3 is 0 Å². The fraction of sp³-hybridized carbons (Fsp3) is 0.692. The van der Waals surface area contributed by atoms with Crippen molar-refractivity contribution in [1.29, 1.82) is 0 Å². The molecule has 2 rings (SSSR count). The van der Waals surface area contributed by atoms with Crippen LogP contribution in [0.5, 0.6) is 0 Å². The van der Waals surface area contributed by atoms with Crippen molar-refractivity contribution in [3.05, 3.63) is 35.9 Å². The maximum atomic E-state index is 13.2. The van der Waals surface area contributed by atoms with Crippen molar-refractivity contribution in [2.45, 2.75) is 84.2 Å². The molecule has 31 heavy (non-hydrogen) atoms. The second kappa shape index (κ2) is 13.0. The van der Waals surface area contributed by atoms with Crippen LogP contribution in [-0.2, 0) is 9.59 Å². The van der Waals surface area contributed by atoms with Crippen LogP contribution in [0.15, 0.2) is 30.3 Å². The van der Waals surface area contributed by atoms with Gasteiger partial charge in [-0.05, 0) is 62.0 Å². The number of Topliss-reactive ketones (excluding diaryl/α,β-unsaturated/α-hetero) is 1. The van der Waals surface area contributed by atoms with Crippen LogP contribution in [0.2, 0.25) is 0 Å². The van der Waals surface area contributed by atoms with E-state index in [4.69, 9.17) is 11.5 Å². The van der Waals surface area contributed by atoms with Crippen molar-refractivity contribution in [3.8, 4) is 0 Å². The standard InChI is InChI=1S/C26H43N3O2/c1-18(2)21-13-12-19(3)17-22(21)25(30)15-14-24(20-9-5-4-6-10-20)29-26(31)23(28)11-7-8-16-27/h4-6,9-10,18-19,21-24H,7-8,11-17,27-28H2,1-3H3,(H,29,31)/t19-,21+,22-,23+,24-/m1/s1. The summed E-state index contributed by atoms with van der Waals surface area (Å²) in [5.74, 6) is 1.97. The summed E-state index contributed by atoms with van der Waals surface area (Å²) in [5, 5.41) is 3.11. The van der Waals surface area contributed by atoms with Crippen LogP contribution in [0.4, 0.5) is 0 Å². The van der Waals surface area contributed by atoms with E-state index in [1.54, 1.807) is 0 Å². The molecule has 1 fully saturated rings. The van der Waals surface area contributed by atoms with Gasteiger partial charge in [0.2, 0.25) is 5.91 Å². The Morgan fingerprint density at radius 2 is 1.81 bits per heavy atom. The Morgan fingerprint density at radius 3 is 2.45 bits per heavy atom. The van der Waals surface area contributed by atoms with Crippen LogP contribution in [0, 0.1) is 23.7 Å². The van der Waals surface area contributed by atoms with Gasteiger partial charge in [-0.15, -0.1) is 0 Å². The first kappa shape index (κ1) is 25.5. The van der Waals surface area contributed by atoms with Crippen LogP contribution < -0.4 is 16.8 Å². The smallest absolute Gasteiger partial charge is 0.237 e. The molecule has 0 radical (unpaired) electrons. The summed E-state index contributed by atoms with van der Waals surface area (Å²) in [6.45, 7) is 7.34. The highest BCUT2D eigenvalue weighted by atomic mass is 16.2. The topological polar surface area (TPSA) is 98.2 Å². The Bertz CT molecular complexity index is 676. The second-order valence-corrected chi connectivity index (χ2v) is 9.80. The third-order valence-corrected chi connectivity index (χ3v) is 6.94. The molecule has 1 aliphatic carbocycles. The van der Waals surface area contributed by atoms with E-state index in [1.165, 1.54) is 6.42 Å². The second-order valence-electron chi connectivity index (χ2n) is 9.80. The quantitative estimate of drug-likeness (QED) is 0.430. The number of rotatable bonds is 12. The molecule has 1 aromatic rings. The van der Waals surface area contributed by atoms with Gasteiger partial charge in [-0.25, -0.2) is 0 Å². The molecule has 174 valence electrons. The zero-order valence-corrected chi connectivity index (χ0v) is 19.7. The molecular formula is C26H43N3O2. The number of amides is 1. The lowest BCUT2D eigenvalue weighted by Crippen LogP contribution is -2.42. The predicted octanol–water partition coefficient (Wildman–Crippen LogP) is 4.36. The minimum atomic E-state index is -0.544. The van der Waals surface area contributed by atoms with E-state index < -0.39 is 6.04 Å². The SMILES string of the molecule is CC(C)[C@@H]1CC[C@@H](C)C[C@H]1C(=O)CC[C@@H](NC(=O)[C@@H](N)CCCCN)c1ccccc1. The maximum absolute atomic E-state index is 13.2. The van der Waals surface area contributed by atoms with Gasteiger partial charge in [0.15, 0.2) is 0 Å². The Balaban J connectivity index is 2.02. The molecule has 1 aliphatic rings. The van der Waals surface area contributed by atoms with E-state index in [9.17, 15) is 9.59 Å². The molecule has 0 spiro atoms. The highest BCUT2D eigenvalue weighted by Crippen LogP contribution is 2.39. The summed E-state index contributed by atoms with van der Waals surface area (Å²) in [6.07, 6.45) is 6.80. The monoisotopic (exact) mass is 429 g/mol. The van der Waals surface area contributed by atoms with Crippen molar-refractivity contribution < 1.29 is 9.59 Å². The summed E-state index contributed by atoms with van der Waals surface area (Å²) in [6, 6.07) is 9.17. The van der Waals surface area contributed by atoms with Crippen molar-refractivity contribution in [1.82, 2.24) is 5.32 Å². The zero-order valence-electron chi connectivity index (χ0n) is 19.7. The average molecular weight is 430 g/mol. The van der Waals surface area contributed by atoms with Crippen LogP contribution in [0.3, 0.4) is 0 Å². The molecule has 5 heteroatoms. The molecule has 1 saturated carbocycles. The van der Waals surface area contributed by atoms with E-state index in [1.807, 2.05) is 30.3 Å². The highest BCUT2D eigenvalue weighted by Gasteiger charge is 2.35. The number of unbranched alkanes of at least 4 members (excludes halogenated alkanes) is 1. The molecule has 1 aromatic carbocycles. The van der Waals surface area contributed by atoms with Gasteiger partial charge in [-0.2, -0.15) is 0 Å². The maximum Gasteiger partial charge on any atom is 0.237 e. The molecule has 5 atom stereocenters. The summed E-state index contributed by atoms with van der Waals surface area (Å²) in [5.41, 5.74) is 12.7. The number of nitrogens with one attached hydrogen (secondary N) is 1. The number of ketones is 1. The molecule has 0 aliphatic heterocycles. The first-order valence-electron chi connectivity index (χ1n) is 12.2. The van der Waals surface area contributed by atoms with Crippen LogP contribution in [0.1, 0.15) is 83.7 Å². The molecular weight excluding hydrogens is 386 g/mol. The first-order chi connectivity index (χ1) is 14.8. The average Bonchev–Trinajstić information content (AvgIpc) is 2.76. The minimum absolute atomic E-state index is 0.148. The van der Waals surface area contributed by atoms with Crippen molar-refractivity contribution in [2.24, 2.45) is 35.1 Å². The van der Waals surface area contributed by atoms with Crippen molar-refractivity contribution in [3.63, 3.8) is 0 Å². The lowest BCUT2D eigenvalue weighted by atomic mass is 9.68. The van der Waals surface area contributed by atoms with Crippen LogP contribution in [0.25, 0.3) is 0 Å². The molecule has 1 amide bonds. The number of carbonyl (C=O) groups is 2. The largest absolute Gasteiger partial charge is 0.348 e. The van der Waals surface area contributed by atoms with Crippen LogP contribution in [-0.4, -0.2) is 24.3 Å². The molecule has 5 N–H and O–H groups in total. The molecule has 0 aromatic heterocycles. The minimum Gasteiger partial charge on any atom is -0.348 e. The van der Waals surface area contributed by atoms with E-state index in [0.29, 0.717) is 49.3 Å². The molecule has 0 bridgehead atoms. The van der Waals surface area contributed by atoms with Gasteiger partial charge < -0.3 is 16.8 Å².